The number of Topliss-reactive ketones (excluding diaryl/α,β-unsaturated/α-hetero) is 1. The number of ketones is 1. The summed E-state index contributed by atoms with van der Waals surface area (Å²) in [5.41, 5.74) is -0.595. The maximum Gasteiger partial charge on any atom is 0.408 e. The van der Waals surface area contributed by atoms with Gasteiger partial charge in [-0.2, -0.15) is 0 Å². The normalized spacial score (nSPS) is 18.4. The Kier molecular flexibility index (Phi) is 10.1. The van der Waals surface area contributed by atoms with Gasteiger partial charge in [-0.25, -0.2) is 4.79 Å². The first-order valence-corrected chi connectivity index (χ1v) is 10.4. The van der Waals surface area contributed by atoms with Crippen LogP contribution in [0.3, 0.4) is 0 Å². The molecule has 1 saturated carbocycles. The fourth-order valence-corrected chi connectivity index (χ4v) is 3.40. The van der Waals surface area contributed by atoms with E-state index in [0.717, 1.165) is 45.2 Å². The molecule has 2 fully saturated rings. The molecule has 1 N–H and O–H groups in total. The average Bonchev–Trinajstić information content (AvgIpc) is 3.16. The van der Waals surface area contributed by atoms with E-state index >= 15 is 0 Å². The van der Waals surface area contributed by atoms with Gasteiger partial charge in [-0.1, -0.05) is 0 Å². The van der Waals surface area contributed by atoms with Crippen LogP contribution in [0.25, 0.3) is 0 Å². The summed E-state index contributed by atoms with van der Waals surface area (Å²) in [7, 11) is 3.38. The molecule has 1 aliphatic carbocycles. The second kappa shape index (κ2) is 11.8. The smallest absolute Gasteiger partial charge is 0.408 e. The molecule has 1 heterocycles. The van der Waals surface area contributed by atoms with Gasteiger partial charge in [0.05, 0.1) is 0 Å². The van der Waals surface area contributed by atoms with Gasteiger partial charge >= 0.3 is 6.09 Å². The molecule has 0 bridgehead atoms. The molecule has 2 rings (SSSR count). The summed E-state index contributed by atoms with van der Waals surface area (Å²) >= 11 is 0. The molecule has 1 aliphatic heterocycles. The summed E-state index contributed by atoms with van der Waals surface area (Å²) in [4.78, 5) is 49.0. The maximum atomic E-state index is 12.8. The predicted octanol–water partition coefficient (Wildman–Crippen LogP) is 2.36. The maximum absolute atomic E-state index is 12.8. The lowest BCUT2D eigenvalue weighted by Gasteiger charge is -2.29. The minimum Gasteiger partial charge on any atom is -0.444 e. The summed E-state index contributed by atoms with van der Waals surface area (Å²) < 4.78 is 5.31. The Hall–Kier alpha value is -2.12. The third kappa shape index (κ3) is 10.3. The predicted molar refractivity (Wildman–Crippen MR) is 110 cm³/mol. The minimum absolute atomic E-state index is 0.0183. The molecular weight excluding hydrogens is 374 g/mol. The van der Waals surface area contributed by atoms with Gasteiger partial charge in [0, 0.05) is 40.0 Å². The Balaban J connectivity index is 0.000000749. The summed E-state index contributed by atoms with van der Waals surface area (Å²) in [6.45, 7) is 6.92. The van der Waals surface area contributed by atoms with E-state index in [0.29, 0.717) is 31.0 Å². The molecule has 8 nitrogen and oxygen atoms in total. The van der Waals surface area contributed by atoms with Gasteiger partial charge in [0.2, 0.25) is 12.3 Å². The number of nitrogens with zero attached hydrogens (tertiary/aromatic N) is 2. The fraction of sp³-hybridized carbons (Fsp3) is 0.810. The monoisotopic (exact) mass is 411 g/mol. The van der Waals surface area contributed by atoms with Crippen LogP contribution >= 0.6 is 0 Å². The van der Waals surface area contributed by atoms with Crippen molar-refractivity contribution >= 4 is 24.2 Å². The zero-order chi connectivity index (χ0) is 22.0. The van der Waals surface area contributed by atoms with E-state index in [1.165, 1.54) is 4.90 Å². The Bertz CT molecular complexity index is 555. The molecule has 0 aromatic heterocycles. The molecule has 0 aromatic carbocycles. The van der Waals surface area contributed by atoms with E-state index in [-0.39, 0.29) is 5.91 Å². The van der Waals surface area contributed by atoms with Crippen LogP contribution in [0.4, 0.5) is 4.79 Å². The summed E-state index contributed by atoms with van der Waals surface area (Å²) in [6, 6.07) is -0.559. The summed E-state index contributed by atoms with van der Waals surface area (Å²) in [5, 5.41) is 2.77. The summed E-state index contributed by atoms with van der Waals surface area (Å²) in [6.07, 6.45) is 5.60. The number of carbonyl (C=O) groups is 4. The van der Waals surface area contributed by atoms with Crippen molar-refractivity contribution in [2.75, 3.05) is 27.2 Å². The number of likely N-dealkylation sites (tertiary alicyclic amines) is 1. The first kappa shape index (κ1) is 24.9. The molecule has 1 atom stereocenters. The lowest BCUT2D eigenvalue weighted by molar-refractivity contribution is -0.133. The zero-order valence-corrected chi connectivity index (χ0v) is 18.5. The number of hydrogen-bond donors (Lipinski definition) is 1. The van der Waals surface area contributed by atoms with E-state index in [2.05, 4.69) is 5.32 Å². The quantitative estimate of drug-likeness (QED) is 0.701. The van der Waals surface area contributed by atoms with Crippen molar-refractivity contribution in [3.8, 4) is 0 Å². The molecule has 1 saturated heterocycles. The molecule has 29 heavy (non-hydrogen) atoms. The van der Waals surface area contributed by atoms with E-state index in [9.17, 15) is 19.2 Å². The third-order valence-corrected chi connectivity index (χ3v) is 4.85. The molecule has 0 radical (unpaired) electrons. The second-order valence-corrected chi connectivity index (χ2v) is 9.02. The van der Waals surface area contributed by atoms with Crippen LogP contribution in [0.1, 0.15) is 65.7 Å². The highest BCUT2D eigenvalue weighted by Gasteiger charge is 2.32. The van der Waals surface area contributed by atoms with Gasteiger partial charge in [0.1, 0.15) is 17.4 Å². The minimum atomic E-state index is -0.595. The fourth-order valence-electron chi connectivity index (χ4n) is 3.40. The molecule has 2 aliphatic rings. The highest BCUT2D eigenvalue weighted by atomic mass is 16.6. The van der Waals surface area contributed by atoms with Crippen molar-refractivity contribution in [2.24, 2.45) is 5.92 Å². The highest BCUT2D eigenvalue weighted by Crippen LogP contribution is 2.26. The van der Waals surface area contributed by atoms with Crippen LogP contribution in [0, 0.1) is 5.92 Å². The van der Waals surface area contributed by atoms with Gasteiger partial charge in [0.25, 0.3) is 0 Å². The summed E-state index contributed by atoms with van der Waals surface area (Å²) in [5.74, 6) is 0.582. The average molecular weight is 412 g/mol. The van der Waals surface area contributed by atoms with Crippen LogP contribution in [-0.2, 0) is 19.1 Å². The second-order valence-electron chi connectivity index (χ2n) is 9.02. The van der Waals surface area contributed by atoms with Crippen molar-refractivity contribution < 1.29 is 23.9 Å². The number of ether oxygens (including phenoxy) is 1. The SMILES string of the molecule is CC(C)(C)OC(=O)N[C@@H](CC1CCC(=O)CC1)C(=O)N1CCCC1.CN(C)C=O. The molecule has 0 unspecified atom stereocenters. The standard InChI is InChI=1S/C18H30N2O4.C3H7NO/c1-18(2,3)24-17(23)19-15(16(22)20-10-4-5-11-20)12-13-6-8-14(21)9-7-13;1-4(2)3-5/h13,15H,4-12H2,1-3H3,(H,19,23);3H,1-2H3/t15-;/m0./s1. The van der Waals surface area contributed by atoms with Crippen LogP contribution in [0.2, 0.25) is 0 Å². The lowest BCUT2D eigenvalue weighted by atomic mass is 9.84. The van der Waals surface area contributed by atoms with E-state index < -0.39 is 17.7 Å². The zero-order valence-electron chi connectivity index (χ0n) is 18.5. The third-order valence-electron chi connectivity index (χ3n) is 4.85. The molecule has 0 spiro atoms. The van der Waals surface area contributed by atoms with Crippen LogP contribution in [0.5, 0.6) is 0 Å². The Morgan fingerprint density at radius 1 is 1.21 bits per heavy atom. The Labute approximate surface area is 174 Å². The molecular formula is C21H37N3O5. The molecule has 8 heteroatoms. The number of rotatable bonds is 5. The number of nitrogens with one attached hydrogen (secondary N) is 1. The van der Waals surface area contributed by atoms with Gasteiger partial charge in [-0.3, -0.25) is 14.4 Å². The number of carbonyl (C=O) groups excluding carboxylic acids is 4. The molecule has 166 valence electrons. The Morgan fingerprint density at radius 3 is 2.17 bits per heavy atom. The number of amides is 3. The molecule has 3 amide bonds. The van der Waals surface area contributed by atoms with Gasteiger partial charge in [-0.05, 0) is 58.8 Å². The first-order valence-electron chi connectivity index (χ1n) is 10.4. The van der Waals surface area contributed by atoms with Gasteiger partial charge < -0.3 is 19.9 Å². The Morgan fingerprint density at radius 2 is 1.72 bits per heavy atom. The first-order chi connectivity index (χ1) is 13.5. The van der Waals surface area contributed by atoms with Gasteiger partial charge in [-0.15, -0.1) is 0 Å². The molecule has 0 aromatic rings. The van der Waals surface area contributed by atoms with E-state index in [4.69, 9.17) is 4.74 Å². The number of hydrogen-bond acceptors (Lipinski definition) is 5. The van der Waals surface area contributed by atoms with Crippen LogP contribution in [0.15, 0.2) is 0 Å². The van der Waals surface area contributed by atoms with Crippen molar-refractivity contribution in [2.45, 2.75) is 77.4 Å². The lowest BCUT2D eigenvalue weighted by Crippen LogP contribution is -2.50. The number of alkyl carbamates (subject to hydrolysis) is 1. The highest BCUT2D eigenvalue weighted by molar-refractivity contribution is 5.86. The van der Waals surface area contributed by atoms with Crippen molar-refractivity contribution in [1.29, 1.82) is 0 Å². The van der Waals surface area contributed by atoms with Crippen molar-refractivity contribution in [1.82, 2.24) is 15.1 Å². The van der Waals surface area contributed by atoms with E-state index in [1.807, 2.05) is 4.90 Å². The van der Waals surface area contributed by atoms with Crippen molar-refractivity contribution in [3.05, 3.63) is 0 Å². The largest absolute Gasteiger partial charge is 0.444 e. The van der Waals surface area contributed by atoms with Crippen LogP contribution < -0.4 is 5.32 Å². The van der Waals surface area contributed by atoms with Crippen molar-refractivity contribution in [3.63, 3.8) is 0 Å². The van der Waals surface area contributed by atoms with E-state index in [1.54, 1.807) is 34.9 Å². The van der Waals surface area contributed by atoms with Gasteiger partial charge in [0.15, 0.2) is 0 Å². The topological polar surface area (TPSA) is 96.0 Å². The van der Waals surface area contributed by atoms with Crippen LogP contribution in [-0.4, -0.2) is 72.8 Å².